The maximum atomic E-state index is 14.3. The van der Waals surface area contributed by atoms with Gasteiger partial charge in [-0.15, -0.1) is 0 Å². The maximum absolute atomic E-state index is 14.3. The highest BCUT2D eigenvalue weighted by Crippen LogP contribution is 2.39. The van der Waals surface area contributed by atoms with Gasteiger partial charge in [0.2, 0.25) is 0 Å². The van der Waals surface area contributed by atoms with Gasteiger partial charge in [-0.25, -0.2) is 0 Å². The minimum absolute atomic E-state index is 0.0168. The lowest BCUT2D eigenvalue weighted by Gasteiger charge is -2.29. The summed E-state index contributed by atoms with van der Waals surface area (Å²) in [7, 11) is 0. The molecule has 0 unspecified atom stereocenters. The van der Waals surface area contributed by atoms with Gasteiger partial charge in [0.15, 0.2) is 11.5 Å². The number of hydrogen-bond donors (Lipinski definition) is 1. The molecule has 3 heterocycles. The number of carboxylic acids is 1. The molecule has 2 aromatic rings. The highest BCUT2D eigenvalue weighted by atomic mass is 35.5. The Labute approximate surface area is 225 Å². The molecule has 2 aromatic heterocycles. The van der Waals surface area contributed by atoms with Crippen LogP contribution in [0.25, 0.3) is 0 Å². The summed E-state index contributed by atoms with van der Waals surface area (Å²) in [5.74, 6) is -3.45. The first kappa shape index (κ1) is 28.3. The van der Waals surface area contributed by atoms with E-state index < -0.39 is 53.6 Å². The molecule has 0 aromatic carbocycles. The van der Waals surface area contributed by atoms with Crippen LogP contribution in [0.15, 0.2) is 18.6 Å². The molecule has 9 nitrogen and oxygen atoms in total. The van der Waals surface area contributed by atoms with Gasteiger partial charge in [0.1, 0.15) is 0 Å². The fourth-order valence-electron chi connectivity index (χ4n) is 5.00. The van der Waals surface area contributed by atoms with Crippen molar-refractivity contribution >= 4 is 40.9 Å². The van der Waals surface area contributed by atoms with Crippen LogP contribution in [0.1, 0.15) is 64.6 Å². The Balaban J connectivity index is 1.65. The van der Waals surface area contributed by atoms with E-state index in [1.165, 1.54) is 12.4 Å². The molecule has 1 saturated heterocycles. The van der Waals surface area contributed by atoms with Crippen molar-refractivity contribution in [3.8, 4) is 0 Å². The van der Waals surface area contributed by atoms with Crippen molar-refractivity contribution in [1.29, 1.82) is 0 Å². The highest BCUT2D eigenvalue weighted by Gasteiger charge is 2.43. The molecule has 206 valence electrons. The number of aliphatic carboxylic acids is 1. The molecule has 1 amide bonds. The van der Waals surface area contributed by atoms with Crippen molar-refractivity contribution in [2.24, 2.45) is 11.8 Å². The molecule has 4 rings (SSSR count). The standard InChI is InChI=1S/C24H25Cl2F3N4O5/c25-17-8-30-9-18(26)20(17)19(34)11-32(10-13-5-6-38-12-13)22(35)16-7-31-33(21(16)24(27,28)29)15-3-1-14(2-4-15)23(36)37/h7-9,13-15H,1-6,10-12H2,(H,36,37)/t13-,14?,15?/m0/s1. The first-order valence-electron chi connectivity index (χ1n) is 12.0. The van der Waals surface area contributed by atoms with Crippen LogP contribution in [0.2, 0.25) is 10.0 Å². The third-order valence-corrected chi connectivity index (χ3v) is 7.52. The average Bonchev–Trinajstić information content (AvgIpc) is 3.53. The van der Waals surface area contributed by atoms with E-state index in [2.05, 4.69) is 10.1 Å². The predicted octanol–water partition coefficient (Wildman–Crippen LogP) is 4.78. The minimum atomic E-state index is -4.92. The lowest BCUT2D eigenvalue weighted by atomic mass is 9.86. The second-order valence-corrected chi connectivity index (χ2v) is 10.3. The van der Waals surface area contributed by atoms with Crippen molar-refractivity contribution < 1.29 is 37.4 Å². The number of ether oxygens (including phenoxy) is 1. The fourth-order valence-corrected chi connectivity index (χ4v) is 5.58. The number of halogens is 5. The summed E-state index contributed by atoms with van der Waals surface area (Å²) in [6, 6.07) is -0.712. The van der Waals surface area contributed by atoms with E-state index in [1.807, 2.05) is 0 Å². The number of nitrogens with zero attached hydrogens (tertiary/aromatic N) is 4. The van der Waals surface area contributed by atoms with Crippen LogP contribution in [0, 0.1) is 11.8 Å². The van der Waals surface area contributed by atoms with Gasteiger partial charge in [-0.05, 0) is 32.1 Å². The van der Waals surface area contributed by atoms with Crippen molar-refractivity contribution in [3.05, 3.63) is 45.5 Å². The van der Waals surface area contributed by atoms with Gasteiger partial charge < -0.3 is 14.7 Å². The zero-order valence-corrected chi connectivity index (χ0v) is 21.6. The van der Waals surface area contributed by atoms with Crippen molar-refractivity contribution in [3.63, 3.8) is 0 Å². The number of pyridine rings is 1. The summed E-state index contributed by atoms with van der Waals surface area (Å²) in [5, 5.41) is 13.0. The van der Waals surface area contributed by atoms with Crippen LogP contribution >= 0.6 is 23.2 Å². The van der Waals surface area contributed by atoms with Crippen molar-refractivity contribution in [2.45, 2.75) is 44.3 Å². The van der Waals surface area contributed by atoms with Gasteiger partial charge in [-0.3, -0.25) is 24.0 Å². The quantitative estimate of drug-likeness (QED) is 0.449. The van der Waals surface area contributed by atoms with E-state index >= 15 is 0 Å². The summed E-state index contributed by atoms with van der Waals surface area (Å²) in [4.78, 5) is 42.8. The Bertz CT molecular complexity index is 1190. The van der Waals surface area contributed by atoms with Gasteiger partial charge in [-0.2, -0.15) is 18.3 Å². The number of hydrogen-bond acceptors (Lipinski definition) is 6. The third-order valence-electron chi connectivity index (χ3n) is 6.94. The summed E-state index contributed by atoms with van der Waals surface area (Å²) < 4.78 is 49.1. The number of carboxylic acid groups (broad SMARTS) is 1. The van der Waals surface area contributed by atoms with Gasteiger partial charge in [0.05, 0.1) is 52.5 Å². The second-order valence-electron chi connectivity index (χ2n) is 9.51. The number of ketones is 1. The normalized spacial score (nSPS) is 21.9. The fraction of sp³-hybridized carbons (Fsp3) is 0.542. The smallest absolute Gasteiger partial charge is 0.433 e. The molecule has 1 saturated carbocycles. The third kappa shape index (κ3) is 6.13. The number of Topliss-reactive ketones (excluding diaryl/α,β-unsaturated/α-hetero) is 1. The van der Waals surface area contributed by atoms with Crippen LogP contribution in [-0.4, -0.2) is 68.7 Å². The zero-order chi connectivity index (χ0) is 27.6. The van der Waals surface area contributed by atoms with Crippen LogP contribution < -0.4 is 0 Å². The molecular weight excluding hydrogens is 552 g/mol. The van der Waals surface area contributed by atoms with E-state index in [1.54, 1.807) is 0 Å². The topological polar surface area (TPSA) is 115 Å². The molecule has 2 fully saturated rings. The molecule has 0 radical (unpaired) electrons. The van der Waals surface area contributed by atoms with Crippen LogP contribution in [0.3, 0.4) is 0 Å². The summed E-state index contributed by atoms with van der Waals surface area (Å²) in [6.45, 7) is 0.155. The monoisotopic (exact) mass is 576 g/mol. The van der Waals surface area contributed by atoms with Gasteiger partial charge >= 0.3 is 12.1 Å². The Morgan fingerprint density at radius 2 is 1.74 bits per heavy atom. The second kappa shape index (κ2) is 11.6. The number of rotatable bonds is 8. The SMILES string of the molecule is O=C(CN(C[C@@H]1CCOC1)C(=O)c1cnn(C2CCC(C(=O)O)CC2)c1C(F)(F)F)c1c(Cl)cncc1Cl. The summed E-state index contributed by atoms with van der Waals surface area (Å²) in [6.07, 6.45) is -0.297. The molecule has 14 heteroatoms. The number of carbonyl (C=O) groups excluding carboxylic acids is 2. The average molecular weight is 577 g/mol. The lowest BCUT2D eigenvalue weighted by molar-refractivity contribution is -0.147. The molecule has 0 spiro atoms. The highest BCUT2D eigenvalue weighted by molar-refractivity contribution is 6.39. The molecule has 1 aliphatic heterocycles. The Hall–Kier alpha value is -2.70. The largest absolute Gasteiger partial charge is 0.481 e. The van der Waals surface area contributed by atoms with Crippen LogP contribution in [0.4, 0.5) is 13.2 Å². The van der Waals surface area contributed by atoms with Crippen molar-refractivity contribution in [2.75, 3.05) is 26.3 Å². The van der Waals surface area contributed by atoms with Crippen LogP contribution in [0.5, 0.6) is 0 Å². The maximum Gasteiger partial charge on any atom is 0.433 e. The molecule has 38 heavy (non-hydrogen) atoms. The molecule has 1 atom stereocenters. The van der Waals surface area contributed by atoms with E-state index in [-0.39, 0.29) is 53.8 Å². The molecule has 2 aliphatic rings. The minimum Gasteiger partial charge on any atom is -0.481 e. The molecule has 1 N–H and O–H groups in total. The summed E-state index contributed by atoms with van der Waals surface area (Å²) >= 11 is 12.2. The molecule has 1 aliphatic carbocycles. The van der Waals surface area contributed by atoms with Crippen molar-refractivity contribution in [1.82, 2.24) is 19.7 Å². The molecular formula is C24H25Cl2F3N4O5. The van der Waals surface area contributed by atoms with E-state index in [0.717, 1.165) is 15.8 Å². The number of aromatic nitrogens is 3. The van der Waals surface area contributed by atoms with Crippen LogP contribution in [-0.2, 0) is 15.7 Å². The Morgan fingerprint density at radius 1 is 1.08 bits per heavy atom. The van der Waals surface area contributed by atoms with Gasteiger partial charge in [0, 0.05) is 31.5 Å². The predicted molar refractivity (Wildman–Crippen MR) is 129 cm³/mol. The van der Waals surface area contributed by atoms with E-state index in [9.17, 15) is 32.7 Å². The molecule has 0 bridgehead atoms. The first-order valence-corrected chi connectivity index (χ1v) is 12.8. The van der Waals surface area contributed by atoms with E-state index in [4.69, 9.17) is 27.9 Å². The van der Waals surface area contributed by atoms with Gasteiger partial charge in [-0.1, -0.05) is 23.2 Å². The number of carbonyl (C=O) groups is 3. The Kier molecular flexibility index (Phi) is 8.63. The number of alkyl halides is 3. The Morgan fingerprint density at radius 3 is 2.29 bits per heavy atom. The van der Waals surface area contributed by atoms with Gasteiger partial charge in [0.25, 0.3) is 5.91 Å². The first-order chi connectivity index (χ1) is 18.0. The lowest BCUT2D eigenvalue weighted by Crippen LogP contribution is -2.40. The summed E-state index contributed by atoms with van der Waals surface area (Å²) in [5.41, 5.74) is -1.98. The number of amides is 1. The van der Waals surface area contributed by atoms with E-state index in [0.29, 0.717) is 19.6 Å². The zero-order valence-electron chi connectivity index (χ0n) is 20.1.